The van der Waals surface area contributed by atoms with E-state index >= 15 is 0 Å². The van der Waals surface area contributed by atoms with Crippen molar-refractivity contribution in [1.29, 1.82) is 0 Å². The molecule has 2 aromatic carbocycles. The molecule has 0 radical (unpaired) electrons. The number of carbonyl (C=O) groups is 1. The van der Waals surface area contributed by atoms with E-state index < -0.39 is 5.60 Å². The SMILES string of the molecule is CN1C(=O)[C@](O)(c2cccc(Cl)c2)c2ccccc21. The average Bonchev–Trinajstić information content (AvgIpc) is 2.63. The third-order valence-corrected chi connectivity index (χ3v) is 3.75. The zero-order valence-electron chi connectivity index (χ0n) is 10.3. The number of rotatable bonds is 1. The van der Waals surface area contributed by atoms with E-state index in [2.05, 4.69) is 0 Å². The van der Waals surface area contributed by atoms with Crippen molar-refractivity contribution >= 4 is 23.2 Å². The van der Waals surface area contributed by atoms with Gasteiger partial charge in [-0.3, -0.25) is 4.79 Å². The lowest BCUT2D eigenvalue weighted by Gasteiger charge is -2.22. The molecule has 1 aliphatic rings. The lowest BCUT2D eigenvalue weighted by Crippen LogP contribution is -2.39. The molecule has 3 nitrogen and oxygen atoms in total. The molecule has 0 spiro atoms. The second-order valence-corrected chi connectivity index (χ2v) is 5.04. The van der Waals surface area contributed by atoms with Crippen molar-refractivity contribution in [3.05, 3.63) is 64.7 Å². The van der Waals surface area contributed by atoms with Crippen LogP contribution in [0.2, 0.25) is 5.02 Å². The third kappa shape index (κ3) is 1.59. The summed E-state index contributed by atoms with van der Waals surface area (Å²) in [6, 6.07) is 14.0. The van der Waals surface area contributed by atoms with Gasteiger partial charge in [0.1, 0.15) is 0 Å². The number of aliphatic hydroxyl groups is 1. The predicted octanol–water partition coefficient (Wildman–Crippen LogP) is 2.55. The van der Waals surface area contributed by atoms with Crippen molar-refractivity contribution in [3.8, 4) is 0 Å². The van der Waals surface area contributed by atoms with Crippen LogP contribution in [0.25, 0.3) is 0 Å². The highest BCUT2D eigenvalue weighted by Crippen LogP contribution is 2.43. The number of amides is 1. The number of hydrogen-bond donors (Lipinski definition) is 1. The molecule has 0 saturated heterocycles. The van der Waals surface area contributed by atoms with E-state index in [4.69, 9.17) is 11.6 Å². The summed E-state index contributed by atoms with van der Waals surface area (Å²) < 4.78 is 0. The van der Waals surface area contributed by atoms with Crippen LogP contribution in [0.1, 0.15) is 11.1 Å². The minimum atomic E-state index is -1.66. The van der Waals surface area contributed by atoms with Gasteiger partial charge in [0.2, 0.25) is 0 Å². The maximum atomic E-state index is 12.4. The zero-order chi connectivity index (χ0) is 13.6. The highest BCUT2D eigenvalue weighted by Gasteiger charge is 2.49. The summed E-state index contributed by atoms with van der Waals surface area (Å²) in [5.74, 6) is -0.365. The summed E-state index contributed by atoms with van der Waals surface area (Å²) in [4.78, 5) is 13.9. The van der Waals surface area contributed by atoms with Gasteiger partial charge in [0.15, 0.2) is 5.60 Å². The first kappa shape index (κ1) is 12.2. The van der Waals surface area contributed by atoms with Gasteiger partial charge in [0.25, 0.3) is 5.91 Å². The van der Waals surface area contributed by atoms with Crippen molar-refractivity contribution in [1.82, 2.24) is 0 Å². The van der Waals surface area contributed by atoms with Crippen molar-refractivity contribution in [2.45, 2.75) is 5.60 Å². The molecule has 0 aliphatic carbocycles. The van der Waals surface area contributed by atoms with Crippen molar-refractivity contribution < 1.29 is 9.90 Å². The van der Waals surface area contributed by atoms with E-state index in [1.807, 2.05) is 12.1 Å². The molecule has 0 aromatic heterocycles. The molecule has 1 amide bonds. The molecule has 3 rings (SSSR count). The molecular weight excluding hydrogens is 262 g/mol. The monoisotopic (exact) mass is 273 g/mol. The largest absolute Gasteiger partial charge is 0.372 e. The fraction of sp³-hybridized carbons (Fsp3) is 0.133. The van der Waals surface area contributed by atoms with Crippen molar-refractivity contribution in [3.63, 3.8) is 0 Å². The quantitative estimate of drug-likeness (QED) is 0.867. The highest BCUT2D eigenvalue weighted by molar-refractivity contribution is 6.30. The average molecular weight is 274 g/mol. The number of carbonyl (C=O) groups excluding carboxylic acids is 1. The van der Waals surface area contributed by atoms with Gasteiger partial charge in [-0.05, 0) is 23.8 Å². The third-order valence-electron chi connectivity index (χ3n) is 3.51. The van der Waals surface area contributed by atoms with E-state index in [9.17, 15) is 9.90 Å². The Morgan fingerprint density at radius 1 is 1.16 bits per heavy atom. The number of anilines is 1. The molecule has 1 heterocycles. The Labute approximate surface area is 116 Å². The molecule has 19 heavy (non-hydrogen) atoms. The zero-order valence-corrected chi connectivity index (χ0v) is 11.1. The Hall–Kier alpha value is -1.84. The number of fused-ring (bicyclic) bond motifs is 1. The van der Waals surface area contributed by atoms with Crippen LogP contribution in [0.5, 0.6) is 0 Å². The molecular formula is C15H12ClNO2. The van der Waals surface area contributed by atoms with Crippen LogP contribution in [0.15, 0.2) is 48.5 Å². The summed E-state index contributed by atoms with van der Waals surface area (Å²) in [6.45, 7) is 0. The second kappa shape index (κ2) is 4.08. The summed E-state index contributed by atoms with van der Waals surface area (Å²) in [5.41, 5.74) is 0.137. The van der Waals surface area contributed by atoms with Gasteiger partial charge >= 0.3 is 0 Å². The molecule has 0 fully saturated rings. The fourth-order valence-corrected chi connectivity index (χ4v) is 2.72. The summed E-state index contributed by atoms with van der Waals surface area (Å²) in [5, 5.41) is 11.4. The Balaban J connectivity index is 2.27. The Kier molecular flexibility index (Phi) is 2.62. The number of halogens is 1. The van der Waals surface area contributed by atoms with Gasteiger partial charge < -0.3 is 10.0 Å². The van der Waals surface area contributed by atoms with E-state index in [-0.39, 0.29) is 5.91 Å². The smallest absolute Gasteiger partial charge is 0.268 e. The number of benzene rings is 2. The fourth-order valence-electron chi connectivity index (χ4n) is 2.53. The minimum absolute atomic E-state index is 0.365. The summed E-state index contributed by atoms with van der Waals surface area (Å²) in [6.07, 6.45) is 0. The van der Waals surface area contributed by atoms with Crippen LogP contribution in [0.3, 0.4) is 0 Å². The molecule has 2 aromatic rings. The first-order valence-electron chi connectivity index (χ1n) is 5.91. The minimum Gasteiger partial charge on any atom is -0.372 e. The van der Waals surface area contributed by atoms with Crippen LogP contribution in [0, 0.1) is 0 Å². The lowest BCUT2D eigenvalue weighted by molar-refractivity contribution is -0.131. The maximum absolute atomic E-state index is 12.4. The molecule has 4 heteroatoms. The van der Waals surface area contributed by atoms with Crippen LogP contribution in [0.4, 0.5) is 5.69 Å². The van der Waals surface area contributed by atoms with Crippen LogP contribution < -0.4 is 4.90 Å². The summed E-state index contributed by atoms with van der Waals surface area (Å²) >= 11 is 5.96. The van der Waals surface area contributed by atoms with Gasteiger partial charge in [-0.25, -0.2) is 0 Å². The van der Waals surface area contributed by atoms with Crippen LogP contribution in [-0.2, 0) is 10.4 Å². The molecule has 1 aliphatic heterocycles. The van der Waals surface area contributed by atoms with E-state index in [1.54, 1.807) is 43.4 Å². The lowest BCUT2D eigenvalue weighted by atomic mass is 9.87. The van der Waals surface area contributed by atoms with Gasteiger partial charge in [-0.15, -0.1) is 0 Å². The number of likely N-dealkylation sites (N-methyl/N-ethyl adjacent to an activating group) is 1. The highest BCUT2D eigenvalue weighted by atomic mass is 35.5. The molecule has 0 bridgehead atoms. The number of nitrogens with zero attached hydrogens (tertiary/aromatic N) is 1. The second-order valence-electron chi connectivity index (χ2n) is 4.60. The van der Waals surface area contributed by atoms with Gasteiger partial charge in [-0.1, -0.05) is 41.9 Å². The number of hydrogen-bond acceptors (Lipinski definition) is 2. The first-order chi connectivity index (χ1) is 9.05. The first-order valence-corrected chi connectivity index (χ1v) is 6.29. The molecule has 0 unspecified atom stereocenters. The van der Waals surface area contributed by atoms with E-state index in [0.717, 1.165) is 5.69 Å². The maximum Gasteiger partial charge on any atom is 0.268 e. The van der Waals surface area contributed by atoms with Crippen molar-refractivity contribution in [2.24, 2.45) is 0 Å². The Morgan fingerprint density at radius 3 is 2.63 bits per heavy atom. The standard InChI is InChI=1S/C15H12ClNO2/c1-17-13-8-3-2-7-12(13)15(19,14(17)18)10-5-4-6-11(16)9-10/h2-9,19H,1H3/t15-/m0/s1. The van der Waals surface area contributed by atoms with Crippen LogP contribution >= 0.6 is 11.6 Å². The molecule has 1 atom stereocenters. The topological polar surface area (TPSA) is 40.5 Å². The van der Waals surface area contributed by atoms with Crippen molar-refractivity contribution in [2.75, 3.05) is 11.9 Å². The van der Waals surface area contributed by atoms with Gasteiger partial charge in [0.05, 0.1) is 5.69 Å². The van der Waals surface area contributed by atoms with E-state index in [0.29, 0.717) is 16.1 Å². The normalized spacial score (nSPS) is 21.6. The molecule has 1 N–H and O–H groups in total. The molecule has 0 saturated carbocycles. The Bertz CT molecular complexity index is 671. The Morgan fingerprint density at radius 2 is 1.89 bits per heavy atom. The van der Waals surface area contributed by atoms with Crippen LogP contribution in [-0.4, -0.2) is 18.1 Å². The van der Waals surface area contributed by atoms with E-state index in [1.165, 1.54) is 4.90 Å². The predicted molar refractivity (Wildman–Crippen MR) is 74.3 cm³/mol. The molecule has 96 valence electrons. The summed E-state index contributed by atoms with van der Waals surface area (Å²) in [7, 11) is 1.66. The van der Waals surface area contributed by atoms with Gasteiger partial charge in [0, 0.05) is 17.6 Å². The number of para-hydroxylation sites is 1. The van der Waals surface area contributed by atoms with Gasteiger partial charge in [-0.2, -0.15) is 0 Å².